The van der Waals surface area contributed by atoms with Crippen LogP contribution in [0, 0.1) is 11.8 Å². The van der Waals surface area contributed by atoms with Crippen LogP contribution in [0.25, 0.3) is 0 Å². The van der Waals surface area contributed by atoms with Gasteiger partial charge >= 0.3 is 0 Å². The van der Waals surface area contributed by atoms with Gasteiger partial charge in [0.1, 0.15) is 0 Å². The number of aliphatic hydroxyl groups excluding tert-OH is 1. The first kappa shape index (κ1) is 5.10. The van der Waals surface area contributed by atoms with Gasteiger partial charge in [-0.3, -0.25) is 0 Å². The van der Waals surface area contributed by atoms with Crippen molar-refractivity contribution in [3.63, 3.8) is 0 Å². The van der Waals surface area contributed by atoms with E-state index in [0.29, 0.717) is 5.92 Å². The largest absolute Gasteiger partial charge is 0.393 e. The van der Waals surface area contributed by atoms with Crippen LogP contribution in [0.4, 0.5) is 0 Å². The molecule has 42 valence electrons. The van der Waals surface area contributed by atoms with E-state index in [1.54, 1.807) is 0 Å². The molecular weight excluding hydrogens is 88.1 g/mol. The van der Waals surface area contributed by atoms with E-state index in [-0.39, 0.29) is 6.10 Å². The summed E-state index contributed by atoms with van der Waals surface area (Å²) in [5, 5.41) is 8.86. The van der Waals surface area contributed by atoms with E-state index in [4.69, 9.17) is 5.11 Å². The van der Waals surface area contributed by atoms with Crippen molar-refractivity contribution < 1.29 is 5.11 Å². The second-order valence-corrected chi connectivity index (χ2v) is 2.62. The Morgan fingerprint density at radius 3 is 2.14 bits per heavy atom. The van der Waals surface area contributed by atoms with Crippen LogP contribution in [-0.2, 0) is 0 Å². The van der Waals surface area contributed by atoms with E-state index in [1.165, 1.54) is 6.42 Å². The lowest BCUT2D eigenvalue weighted by Gasteiger charge is -1.96. The highest BCUT2D eigenvalue weighted by molar-refractivity contribution is 4.85. The fourth-order valence-corrected chi connectivity index (χ4v) is 1.02. The molecule has 0 aromatic carbocycles. The van der Waals surface area contributed by atoms with E-state index in [1.807, 2.05) is 6.92 Å². The minimum Gasteiger partial charge on any atom is -0.393 e. The van der Waals surface area contributed by atoms with Crippen molar-refractivity contribution in [3.05, 3.63) is 0 Å². The monoisotopic (exact) mass is 100 g/mol. The first-order valence-corrected chi connectivity index (χ1v) is 2.90. The predicted octanol–water partition coefficient (Wildman–Crippen LogP) is 1.02. The summed E-state index contributed by atoms with van der Waals surface area (Å²) in [6.45, 7) is 4.05. The molecule has 3 atom stereocenters. The topological polar surface area (TPSA) is 20.2 Å². The maximum absolute atomic E-state index is 8.86. The predicted molar refractivity (Wildman–Crippen MR) is 29.0 cm³/mol. The van der Waals surface area contributed by atoms with Gasteiger partial charge in [0.05, 0.1) is 6.10 Å². The zero-order valence-electron chi connectivity index (χ0n) is 4.89. The summed E-state index contributed by atoms with van der Waals surface area (Å²) in [4.78, 5) is 0. The van der Waals surface area contributed by atoms with Gasteiger partial charge in [-0.25, -0.2) is 0 Å². The van der Waals surface area contributed by atoms with Gasteiger partial charge in [-0.05, 0) is 25.2 Å². The molecule has 1 rings (SSSR count). The third-order valence-corrected chi connectivity index (χ3v) is 1.79. The van der Waals surface area contributed by atoms with Gasteiger partial charge in [0.2, 0.25) is 0 Å². The second kappa shape index (κ2) is 1.48. The normalized spacial score (nSPS) is 43.3. The lowest BCUT2D eigenvalue weighted by atomic mass is 10.2. The Kier molecular flexibility index (Phi) is 1.08. The van der Waals surface area contributed by atoms with Crippen molar-refractivity contribution in [3.8, 4) is 0 Å². The first-order valence-electron chi connectivity index (χ1n) is 2.90. The third kappa shape index (κ3) is 0.942. The molecule has 0 aliphatic heterocycles. The Bertz CT molecular complexity index is 68.6. The Hall–Kier alpha value is -0.0400. The van der Waals surface area contributed by atoms with Gasteiger partial charge in [-0.2, -0.15) is 0 Å². The summed E-state index contributed by atoms with van der Waals surface area (Å²) in [6, 6.07) is 0. The van der Waals surface area contributed by atoms with Crippen LogP contribution < -0.4 is 0 Å². The minimum absolute atomic E-state index is 0.0602. The van der Waals surface area contributed by atoms with E-state index in [0.717, 1.165) is 5.92 Å². The molecule has 1 heteroatoms. The molecule has 0 radical (unpaired) electrons. The molecule has 0 spiro atoms. The molecule has 0 saturated heterocycles. The molecule has 1 aliphatic carbocycles. The highest BCUT2D eigenvalue weighted by Gasteiger charge is 2.35. The van der Waals surface area contributed by atoms with E-state index < -0.39 is 0 Å². The lowest BCUT2D eigenvalue weighted by Crippen LogP contribution is -2.02. The van der Waals surface area contributed by atoms with Gasteiger partial charge in [-0.1, -0.05) is 6.92 Å². The standard InChI is InChI=1S/C6H12O/c1-4-3-6(4)5(2)7/h4-7H,3H2,1-2H3/t4-,5?,6-/m1/s1. The Labute approximate surface area is 44.4 Å². The molecule has 1 N–H and O–H groups in total. The van der Waals surface area contributed by atoms with Crippen molar-refractivity contribution in [2.75, 3.05) is 0 Å². The van der Waals surface area contributed by atoms with Crippen molar-refractivity contribution in [1.82, 2.24) is 0 Å². The van der Waals surface area contributed by atoms with E-state index >= 15 is 0 Å². The summed E-state index contributed by atoms with van der Waals surface area (Å²) in [5.74, 6) is 1.42. The summed E-state index contributed by atoms with van der Waals surface area (Å²) in [5.41, 5.74) is 0. The van der Waals surface area contributed by atoms with Crippen LogP contribution in [0.1, 0.15) is 20.3 Å². The van der Waals surface area contributed by atoms with Crippen LogP contribution in [0.5, 0.6) is 0 Å². The number of hydrogen-bond acceptors (Lipinski definition) is 1. The van der Waals surface area contributed by atoms with Crippen LogP contribution >= 0.6 is 0 Å². The fourth-order valence-electron chi connectivity index (χ4n) is 1.02. The van der Waals surface area contributed by atoms with Gasteiger partial charge < -0.3 is 5.11 Å². The van der Waals surface area contributed by atoms with Crippen LogP contribution in [0.2, 0.25) is 0 Å². The van der Waals surface area contributed by atoms with Crippen LogP contribution in [0.15, 0.2) is 0 Å². The molecule has 1 unspecified atom stereocenters. The number of aliphatic hydroxyl groups is 1. The SMILES string of the molecule is CC(O)[C@@H]1C[C@H]1C. The molecule has 0 bridgehead atoms. The number of rotatable bonds is 1. The van der Waals surface area contributed by atoms with Crippen molar-refractivity contribution in [2.24, 2.45) is 11.8 Å². The summed E-state index contributed by atoms with van der Waals surface area (Å²) >= 11 is 0. The third-order valence-electron chi connectivity index (χ3n) is 1.79. The quantitative estimate of drug-likeness (QED) is 0.521. The van der Waals surface area contributed by atoms with Crippen LogP contribution in [0.3, 0.4) is 0 Å². The molecular formula is C6H12O. The van der Waals surface area contributed by atoms with Gasteiger partial charge in [0, 0.05) is 0 Å². The Morgan fingerprint density at radius 2 is 2.14 bits per heavy atom. The maximum Gasteiger partial charge on any atom is 0.0542 e. The van der Waals surface area contributed by atoms with Gasteiger partial charge in [0.15, 0.2) is 0 Å². The first-order chi connectivity index (χ1) is 3.22. The van der Waals surface area contributed by atoms with Crippen molar-refractivity contribution in [2.45, 2.75) is 26.4 Å². The fraction of sp³-hybridized carbons (Fsp3) is 1.00. The molecule has 1 aliphatic rings. The molecule has 0 amide bonds. The molecule has 7 heavy (non-hydrogen) atoms. The van der Waals surface area contributed by atoms with Gasteiger partial charge in [-0.15, -0.1) is 0 Å². The molecule has 0 aromatic rings. The van der Waals surface area contributed by atoms with Crippen LogP contribution in [-0.4, -0.2) is 11.2 Å². The summed E-state index contributed by atoms with van der Waals surface area (Å²) < 4.78 is 0. The summed E-state index contributed by atoms with van der Waals surface area (Å²) in [7, 11) is 0. The average Bonchev–Trinajstić information content (AvgIpc) is 2.17. The second-order valence-electron chi connectivity index (χ2n) is 2.62. The van der Waals surface area contributed by atoms with E-state index in [2.05, 4.69) is 6.92 Å². The maximum atomic E-state index is 8.86. The summed E-state index contributed by atoms with van der Waals surface area (Å²) in [6.07, 6.45) is 1.17. The zero-order chi connectivity index (χ0) is 5.44. The number of hydrogen-bond donors (Lipinski definition) is 1. The Morgan fingerprint density at radius 1 is 1.71 bits per heavy atom. The molecule has 0 heterocycles. The van der Waals surface area contributed by atoms with E-state index in [9.17, 15) is 0 Å². The average molecular weight is 100 g/mol. The molecule has 1 nitrogen and oxygen atoms in total. The molecule has 1 saturated carbocycles. The van der Waals surface area contributed by atoms with Crippen molar-refractivity contribution in [1.29, 1.82) is 0 Å². The minimum atomic E-state index is -0.0602. The molecule has 0 aromatic heterocycles. The molecule has 1 fully saturated rings. The lowest BCUT2D eigenvalue weighted by molar-refractivity contribution is 0.165. The highest BCUT2D eigenvalue weighted by atomic mass is 16.3. The smallest absolute Gasteiger partial charge is 0.0542 e. The Balaban J connectivity index is 2.20. The highest BCUT2D eigenvalue weighted by Crippen LogP contribution is 2.40. The van der Waals surface area contributed by atoms with Crippen molar-refractivity contribution >= 4 is 0 Å². The zero-order valence-corrected chi connectivity index (χ0v) is 4.89. The van der Waals surface area contributed by atoms with Gasteiger partial charge in [0.25, 0.3) is 0 Å².